The van der Waals surface area contributed by atoms with Crippen molar-refractivity contribution < 1.29 is 4.58 Å². The smallest absolute Gasteiger partial charge is 0.246 e. The van der Waals surface area contributed by atoms with Gasteiger partial charge in [0.1, 0.15) is 12.6 Å². The lowest BCUT2D eigenvalue weighted by atomic mass is 10.2. The largest absolute Gasteiger partial charge is 0.264 e. The van der Waals surface area contributed by atoms with Crippen LogP contribution in [-0.4, -0.2) is 41.5 Å². The van der Waals surface area contributed by atoms with Gasteiger partial charge < -0.3 is 0 Å². The van der Waals surface area contributed by atoms with Crippen LogP contribution in [0.3, 0.4) is 0 Å². The highest BCUT2D eigenvalue weighted by atomic mass is 15.3. The summed E-state index contributed by atoms with van der Waals surface area (Å²) < 4.78 is 2.40. The molecule has 0 saturated heterocycles. The Labute approximate surface area is 75.9 Å². The van der Waals surface area contributed by atoms with E-state index in [0.717, 1.165) is 12.6 Å². The standard InChI is InChI=1S/C10H21N2/c1-5-9-8-11(4)10(6-2)12(9)7-3/h9H,5-8H2,1-4H3/q+1. The van der Waals surface area contributed by atoms with E-state index >= 15 is 0 Å². The predicted molar refractivity (Wildman–Crippen MR) is 52.8 cm³/mol. The molecule has 0 amide bonds. The highest BCUT2D eigenvalue weighted by Crippen LogP contribution is 2.13. The molecular formula is C10H21N2+. The summed E-state index contributed by atoms with van der Waals surface area (Å²) in [4.78, 5) is 2.54. The zero-order valence-electron chi connectivity index (χ0n) is 8.80. The Morgan fingerprint density at radius 3 is 2.50 bits per heavy atom. The zero-order chi connectivity index (χ0) is 9.14. The van der Waals surface area contributed by atoms with E-state index in [1.165, 1.54) is 25.2 Å². The van der Waals surface area contributed by atoms with Crippen LogP contribution < -0.4 is 0 Å². The molecule has 0 N–H and O–H groups in total. The van der Waals surface area contributed by atoms with Crippen molar-refractivity contribution in [3.8, 4) is 0 Å². The fourth-order valence-electron chi connectivity index (χ4n) is 2.21. The molecule has 1 aliphatic heterocycles. The highest BCUT2D eigenvalue weighted by molar-refractivity contribution is 5.78. The van der Waals surface area contributed by atoms with Crippen molar-refractivity contribution in [2.24, 2.45) is 0 Å². The number of amidine groups is 1. The van der Waals surface area contributed by atoms with Gasteiger partial charge in [0.2, 0.25) is 5.84 Å². The average Bonchev–Trinajstić information content (AvgIpc) is 2.40. The summed E-state index contributed by atoms with van der Waals surface area (Å²) in [5.74, 6) is 1.52. The van der Waals surface area contributed by atoms with Crippen LogP contribution in [0.5, 0.6) is 0 Å². The third kappa shape index (κ3) is 1.47. The van der Waals surface area contributed by atoms with Crippen molar-refractivity contribution in [3.05, 3.63) is 0 Å². The molecule has 2 nitrogen and oxygen atoms in total. The fraction of sp³-hybridized carbons (Fsp3) is 0.900. The SMILES string of the molecule is CCC1=[N+](C)CC(CC)N1CC. The molecule has 12 heavy (non-hydrogen) atoms. The lowest BCUT2D eigenvalue weighted by Gasteiger charge is -2.16. The van der Waals surface area contributed by atoms with E-state index in [1.807, 2.05) is 0 Å². The first-order valence-electron chi connectivity index (χ1n) is 5.08. The van der Waals surface area contributed by atoms with Gasteiger partial charge in [-0.2, -0.15) is 0 Å². The van der Waals surface area contributed by atoms with Gasteiger partial charge in [-0.3, -0.25) is 9.48 Å². The molecule has 0 aromatic heterocycles. The van der Waals surface area contributed by atoms with Crippen molar-refractivity contribution in [3.63, 3.8) is 0 Å². The summed E-state index contributed by atoms with van der Waals surface area (Å²) in [6.45, 7) is 9.14. The predicted octanol–water partition coefficient (Wildman–Crippen LogP) is 1.55. The minimum absolute atomic E-state index is 0.759. The summed E-state index contributed by atoms with van der Waals surface area (Å²) in [5, 5.41) is 0. The normalized spacial score (nSPS) is 24.0. The summed E-state index contributed by atoms with van der Waals surface area (Å²) >= 11 is 0. The quantitative estimate of drug-likeness (QED) is 0.581. The number of hydrogen-bond donors (Lipinski definition) is 0. The van der Waals surface area contributed by atoms with E-state index in [0.29, 0.717) is 0 Å². The number of nitrogens with zero attached hydrogens (tertiary/aromatic N) is 2. The van der Waals surface area contributed by atoms with Crippen LogP contribution in [0, 0.1) is 0 Å². The van der Waals surface area contributed by atoms with Crippen LogP contribution in [0.25, 0.3) is 0 Å². The second-order valence-corrected chi connectivity index (χ2v) is 3.50. The molecule has 0 spiro atoms. The van der Waals surface area contributed by atoms with Crippen molar-refractivity contribution in [1.82, 2.24) is 4.90 Å². The highest BCUT2D eigenvalue weighted by Gasteiger charge is 2.33. The molecule has 0 aromatic carbocycles. The number of likely N-dealkylation sites (N-methyl/N-ethyl adjacent to an activating group) is 2. The molecular weight excluding hydrogens is 148 g/mol. The minimum Gasteiger partial charge on any atom is -0.264 e. The molecule has 2 heteroatoms. The van der Waals surface area contributed by atoms with Gasteiger partial charge in [-0.05, 0) is 13.3 Å². The van der Waals surface area contributed by atoms with Crippen molar-refractivity contribution in [2.45, 2.75) is 39.7 Å². The molecule has 0 fully saturated rings. The Morgan fingerprint density at radius 1 is 1.42 bits per heavy atom. The molecule has 1 aliphatic rings. The van der Waals surface area contributed by atoms with Gasteiger partial charge in [-0.1, -0.05) is 13.8 Å². The first-order valence-corrected chi connectivity index (χ1v) is 5.08. The van der Waals surface area contributed by atoms with Gasteiger partial charge in [-0.25, -0.2) is 0 Å². The Bertz CT molecular complexity index is 184. The summed E-state index contributed by atoms with van der Waals surface area (Å²) in [7, 11) is 2.21. The van der Waals surface area contributed by atoms with Gasteiger partial charge in [0, 0.05) is 6.42 Å². The molecule has 70 valence electrons. The van der Waals surface area contributed by atoms with E-state index < -0.39 is 0 Å². The van der Waals surface area contributed by atoms with Crippen molar-refractivity contribution >= 4 is 5.84 Å². The van der Waals surface area contributed by atoms with Crippen LogP contribution in [0.1, 0.15) is 33.6 Å². The maximum absolute atomic E-state index is 2.54. The van der Waals surface area contributed by atoms with Gasteiger partial charge in [0.05, 0.1) is 13.6 Å². The number of hydrogen-bond acceptors (Lipinski definition) is 1. The molecule has 0 bridgehead atoms. The van der Waals surface area contributed by atoms with Crippen LogP contribution in [0.15, 0.2) is 0 Å². The van der Waals surface area contributed by atoms with Gasteiger partial charge >= 0.3 is 0 Å². The zero-order valence-corrected chi connectivity index (χ0v) is 8.80. The summed E-state index contributed by atoms with van der Waals surface area (Å²) in [5.41, 5.74) is 0. The van der Waals surface area contributed by atoms with Crippen LogP contribution in [0.2, 0.25) is 0 Å². The molecule has 0 saturated carbocycles. The Hall–Kier alpha value is -0.530. The van der Waals surface area contributed by atoms with Gasteiger partial charge in [0.25, 0.3) is 0 Å². The molecule has 1 atom stereocenters. The molecule has 0 aromatic rings. The summed E-state index contributed by atoms with van der Waals surface area (Å²) in [6.07, 6.45) is 2.43. The van der Waals surface area contributed by atoms with Gasteiger partial charge in [-0.15, -0.1) is 0 Å². The average molecular weight is 169 g/mol. The molecule has 1 unspecified atom stereocenters. The maximum atomic E-state index is 2.54. The Morgan fingerprint density at radius 2 is 2.08 bits per heavy atom. The summed E-state index contributed by atoms with van der Waals surface area (Å²) in [6, 6.07) is 0.759. The topological polar surface area (TPSA) is 6.25 Å². The first-order chi connectivity index (χ1) is 5.74. The van der Waals surface area contributed by atoms with Crippen molar-refractivity contribution in [2.75, 3.05) is 20.1 Å². The van der Waals surface area contributed by atoms with Crippen LogP contribution >= 0.6 is 0 Å². The third-order valence-electron chi connectivity index (χ3n) is 2.83. The van der Waals surface area contributed by atoms with Crippen LogP contribution in [0.4, 0.5) is 0 Å². The van der Waals surface area contributed by atoms with E-state index in [-0.39, 0.29) is 0 Å². The van der Waals surface area contributed by atoms with Crippen molar-refractivity contribution in [1.29, 1.82) is 0 Å². The maximum Gasteiger partial charge on any atom is 0.246 e. The fourth-order valence-corrected chi connectivity index (χ4v) is 2.21. The second kappa shape index (κ2) is 3.92. The van der Waals surface area contributed by atoms with E-state index in [4.69, 9.17) is 0 Å². The number of rotatable bonds is 3. The molecule has 0 radical (unpaired) electrons. The second-order valence-electron chi connectivity index (χ2n) is 3.50. The lowest BCUT2D eigenvalue weighted by Crippen LogP contribution is -2.35. The molecule has 1 rings (SSSR count). The molecule has 1 heterocycles. The minimum atomic E-state index is 0.759. The monoisotopic (exact) mass is 169 g/mol. The van der Waals surface area contributed by atoms with E-state index in [1.54, 1.807) is 0 Å². The Balaban J connectivity index is 2.74. The third-order valence-corrected chi connectivity index (χ3v) is 2.83. The van der Waals surface area contributed by atoms with E-state index in [2.05, 4.69) is 37.3 Å². The molecule has 0 aliphatic carbocycles. The lowest BCUT2D eigenvalue weighted by molar-refractivity contribution is -0.491. The van der Waals surface area contributed by atoms with E-state index in [9.17, 15) is 0 Å². The first kappa shape index (κ1) is 9.56. The Kier molecular flexibility index (Phi) is 3.12. The van der Waals surface area contributed by atoms with Crippen LogP contribution in [-0.2, 0) is 0 Å². The van der Waals surface area contributed by atoms with Gasteiger partial charge in [0.15, 0.2) is 0 Å².